The van der Waals surface area contributed by atoms with Crippen molar-refractivity contribution in [2.24, 2.45) is 0 Å². The minimum Gasteiger partial charge on any atom is -0.495 e. The first kappa shape index (κ1) is 17.0. The molecule has 26 heavy (non-hydrogen) atoms. The summed E-state index contributed by atoms with van der Waals surface area (Å²) in [5, 5.41) is 4.48. The first-order valence-corrected chi connectivity index (χ1v) is 9.82. The van der Waals surface area contributed by atoms with Crippen molar-refractivity contribution in [3.8, 4) is 5.75 Å². The third-order valence-electron chi connectivity index (χ3n) is 4.67. The van der Waals surface area contributed by atoms with E-state index in [-0.39, 0.29) is 11.4 Å². The zero-order valence-electron chi connectivity index (χ0n) is 14.9. The number of benzene rings is 1. The second-order valence-electron chi connectivity index (χ2n) is 6.53. The van der Waals surface area contributed by atoms with Gasteiger partial charge in [-0.2, -0.15) is 9.40 Å². The summed E-state index contributed by atoms with van der Waals surface area (Å²) in [4.78, 5) is 4.61. The van der Waals surface area contributed by atoms with Gasteiger partial charge in [-0.1, -0.05) is 6.07 Å². The number of ether oxygens (including phenoxy) is 1. The normalized spacial score (nSPS) is 15.2. The Hall–Kier alpha value is -2.45. The molecule has 0 spiro atoms. The summed E-state index contributed by atoms with van der Waals surface area (Å²) in [6, 6.07) is 7.10. The number of hydrogen-bond donors (Lipinski definition) is 0. The number of nitrogens with zero attached hydrogens (tertiary/aromatic N) is 4. The molecule has 0 N–H and O–H groups in total. The smallest absolute Gasteiger partial charge is 0.247 e. The van der Waals surface area contributed by atoms with Crippen LogP contribution >= 0.6 is 0 Å². The van der Waals surface area contributed by atoms with Crippen LogP contribution in [0.5, 0.6) is 5.75 Å². The summed E-state index contributed by atoms with van der Waals surface area (Å²) < 4.78 is 35.0. The average Bonchev–Trinajstić information content (AvgIpc) is 3.02. The van der Waals surface area contributed by atoms with E-state index in [1.165, 1.54) is 11.4 Å². The largest absolute Gasteiger partial charge is 0.495 e. The molecule has 0 atom stereocenters. The number of aryl methyl sites for hydroxylation is 2. The van der Waals surface area contributed by atoms with Gasteiger partial charge in [-0.3, -0.25) is 0 Å². The quantitative estimate of drug-likeness (QED) is 0.704. The molecule has 1 aliphatic heterocycles. The lowest BCUT2D eigenvalue weighted by atomic mass is 10.1. The molecule has 4 rings (SSSR count). The van der Waals surface area contributed by atoms with E-state index in [0.717, 1.165) is 28.2 Å². The van der Waals surface area contributed by atoms with Gasteiger partial charge in [-0.05, 0) is 31.5 Å². The zero-order chi connectivity index (χ0) is 18.5. The third kappa shape index (κ3) is 2.65. The van der Waals surface area contributed by atoms with E-state index < -0.39 is 10.0 Å². The average molecular weight is 372 g/mol. The lowest BCUT2D eigenvalue weighted by Gasteiger charge is -2.28. The number of methoxy groups -OCH3 is 1. The monoisotopic (exact) mass is 372 g/mol. The van der Waals surface area contributed by atoms with Gasteiger partial charge in [0.05, 0.1) is 18.5 Å². The van der Waals surface area contributed by atoms with Gasteiger partial charge in [0, 0.05) is 37.3 Å². The maximum atomic E-state index is 13.2. The maximum Gasteiger partial charge on any atom is 0.247 e. The molecule has 0 radical (unpaired) electrons. The SMILES string of the molecule is COc1ccc(C)cc1S(=O)(=O)N1CCc2c(cnc3cc(C)nn23)C1. The molecule has 0 unspecified atom stereocenters. The first-order chi connectivity index (χ1) is 12.4. The van der Waals surface area contributed by atoms with Gasteiger partial charge in [0.25, 0.3) is 0 Å². The molecule has 7 nitrogen and oxygen atoms in total. The van der Waals surface area contributed by atoms with E-state index in [1.807, 2.05) is 30.5 Å². The minimum atomic E-state index is -3.67. The molecule has 0 aliphatic carbocycles. The van der Waals surface area contributed by atoms with Gasteiger partial charge >= 0.3 is 0 Å². The molecule has 8 heteroatoms. The van der Waals surface area contributed by atoms with Crippen molar-refractivity contribution < 1.29 is 13.2 Å². The lowest BCUT2D eigenvalue weighted by Crippen LogP contribution is -2.37. The molecule has 1 aliphatic rings. The van der Waals surface area contributed by atoms with Crippen LogP contribution in [0.15, 0.2) is 35.4 Å². The number of aromatic nitrogens is 3. The Bertz CT molecular complexity index is 1110. The van der Waals surface area contributed by atoms with Crippen LogP contribution in [-0.4, -0.2) is 41.0 Å². The van der Waals surface area contributed by atoms with E-state index in [9.17, 15) is 8.42 Å². The van der Waals surface area contributed by atoms with Gasteiger partial charge in [-0.15, -0.1) is 0 Å². The van der Waals surface area contributed by atoms with E-state index >= 15 is 0 Å². The Balaban J connectivity index is 1.74. The fraction of sp³-hybridized carbons (Fsp3) is 0.333. The van der Waals surface area contributed by atoms with Crippen molar-refractivity contribution >= 4 is 15.7 Å². The molecule has 136 valence electrons. The molecule has 0 fully saturated rings. The second-order valence-corrected chi connectivity index (χ2v) is 8.44. The number of hydrogen-bond acceptors (Lipinski definition) is 5. The van der Waals surface area contributed by atoms with Crippen molar-refractivity contribution in [1.82, 2.24) is 18.9 Å². The van der Waals surface area contributed by atoms with E-state index in [1.54, 1.807) is 18.3 Å². The second kappa shape index (κ2) is 6.07. The Kier molecular flexibility index (Phi) is 3.96. The summed E-state index contributed by atoms with van der Waals surface area (Å²) in [5.41, 5.74) is 4.45. The van der Waals surface area contributed by atoms with Gasteiger partial charge in [-0.25, -0.2) is 17.9 Å². The third-order valence-corrected chi connectivity index (χ3v) is 6.54. The van der Waals surface area contributed by atoms with E-state index in [4.69, 9.17) is 4.74 Å². The van der Waals surface area contributed by atoms with Crippen LogP contribution in [0.1, 0.15) is 22.5 Å². The molecule has 3 heterocycles. The number of rotatable bonds is 3. The van der Waals surface area contributed by atoms with Crippen molar-refractivity contribution in [3.05, 3.63) is 53.0 Å². The Morgan fingerprint density at radius 3 is 2.77 bits per heavy atom. The van der Waals surface area contributed by atoms with Crippen molar-refractivity contribution in [2.45, 2.75) is 31.7 Å². The summed E-state index contributed by atoms with van der Waals surface area (Å²) >= 11 is 0. The van der Waals surface area contributed by atoms with Crippen LogP contribution in [0.25, 0.3) is 5.65 Å². The molecular formula is C18H20N4O3S. The molecule has 1 aromatic carbocycles. The van der Waals surface area contributed by atoms with Crippen LogP contribution < -0.4 is 4.74 Å². The Labute approximate surface area is 152 Å². The van der Waals surface area contributed by atoms with Crippen LogP contribution in [0.2, 0.25) is 0 Å². The van der Waals surface area contributed by atoms with Crippen LogP contribution in [0, 0.1) is 13.8 Å². The standard InChI is InChI=1S/C18H20N4O3S/c1-12-4-5-16(25-3)17(8-12)26(23,24)21-7-6-15-14(11-21)10-19-18-9-13(2)20-22(15)18/h4-5,8-10H,6-7,11H2,1-3H3. The molecule has 3 aromatic rings. The molecule has 0 bridgehead atoms. The maximum absolute atomic E-state index is 13.2. The highest BCUT2D eigenvalue weighted by atomic mass is 32.2. The number of fused-ring (bicyclic) bond motifs is 3. The Morgan fingerprint density at radius 2 is 2.00 bits per heavy atom. The van der Waals surface area contributed by atoms with Gasteiger partial charge in [0.1, 0.15) is 10.6 Å². The molecule has 0 saturated carbocycles. The van der Waals surface area contributed by atoms with Crippen molar-refractivity contribution in [1.29, 1.82) is 0 Å². The highest BCUT2D eigenvalue weighted by Crippen LogP contribution is 2.31. The van der Waals surface area contributed by atoms with Crippen LogP contribution in [-0.2, 0) is 23.0 Å². The van der Waals surface area contributed by atoms with Crippen LogP contribution in [0.4, 0.5) is 0 Å². The topological polar surface area (TPSA) is 76.8 Å². The molecule has 0 amide bonds. The Morgan fingerprint density at radius 1 is 1.19 bits per heavy atom. The highest BCUT2D eigenvalue weighted by molar-refractivity contribution is 7.89. The van der Waals surface area contributed by atoms with Crippen molar-refractivity contribution in [2.75, 3.05) is 13.7 Å². The predicted octanol–water partition coefficient (Wildman–Crippen LogP) is 2.10. The molecule has 0 saturated heterocycles. The highest BCUT2D eigenvalue weighted by Gasteiger charge is 2.32. The molecule has 2 aromatic heterocycles. The van der Waals surface area contributed by atoms with Gasteiger partial charge in [0.2, 0.25) is 10.0 Å². The van der Waals surface area contributed by atoms with Crippen molar-refractivity contribution in [3.63, 3.8) is 0 Å². The van der Waals surface area contributed by atoms with E-state index in [2.05, 4.69) is 10.1 Å². The van der Waals surface area contributed by atoms with Crippen LogP contribution in [0.3, 0.4) is 0 Å². The van der Waals surface area contributed by atoms with E-state index in [0.29, 0.717) is 18.7 Å². The summed E-state index contributed by atoms with van der Waals surface area (Å²) in [7, 11) is -2.19. The summed E-state index contributed by atoms with van der Waals surface area (Å²) in [5.74, 6) is 0.359. The summed E-state index contributed by atoms with van der Waals surface area (Å²) in [6.07, 6.45) is 2.34. The fourth-order valence-corrected chi connectivity index (χ4v) is 5.02. The number of sulfonamides is 1. The first-order valence-electron chi connectivity index (χ1n) is 8.38. The summed E-state index contributed by atoms with van der Waals surface area (Å²) in [6.45, 7) is 4.45. The molecular weight excluding hydrogens is 352 g/mol. The minimum absolute atomic E-state index is 0.201. The lowest BCUT2D eigenvalue weighted by molar-refractivity contribution is 0.373. The van der Waals surface area contributed by atoms with Gasteiger partial charge < -0.3 is 4.74 Å². The van der Waals surface area contributed by atoms with Gasteiger partial charge in [0.15, 0.2) is 5.65 Å². The zero-order valence-corrected chi connectivity index (χ0v) is 15.7. The predicted molar refractivity (Wildman–Crippen MR) is 96.8 cm³/mol. The fourth-order valence-electron chi connectivity index (χ4n) is 3.36.